The van der Waals surface area contributed by atoms with Crippen molar-refractivity contribution in [1.82, 2.24) is 0 Å². The van der Waals surface area contributed by atoms with Crippen LogP contribution in [0.5, 0.6) is 5.75 Å². The number of nitrogens with one attached hydrogen (secondary N) is 1. The second kappa shape index (κ2) is 4.61. The second-order valence-electron chi connectivity index (χ2n) is 4.38. The molecule has 0 bridgehead atoms. The van der Waals surface area contributed by atoms with Crippen LogP contribution in [0, 0.1) is 0 Å². The van der Waals surface area contributed by atoms with Gasteiger partial charge >= 0.3 is 0 Å². The zero-order valence-corrected chi connectivity index (χ0v) is 10.7. The molecule has 0 aliphatic heterocycles. The third-order valence-electron chi connectivity index (χ3n) is 3.22. The molecule has 0 spiro atoms. The van der Waals surface area contributed by atoms with Gasteiger partial charge in [0.05, 0.1) is 18.1 Å². The van der Waals surface area contributed by atoms with Crippen LogP contribution in [0.25, 0.3) is 22.0 Å². The van der Waals surface area contributed by atoms with Gasteiger partial charge in [-0.05, 0) is 29.7 Å². The van der Waals surface area contributed by atoms with Crippen molar-refractivity contribution in [3.63, 3.8) is 0 Å². The number of ether oxygens (including phenoxy) is 1. The predicted molar refractivity (Wildman–Crippen MR) is 76.9 cm³/mol. The van der Waals surface area contributed by atoms with E-state index in [0.29, 0.717) is 5.82 Å². The van der Waals surface area contributed by atoms with E-state index in [1.54, 1.807) is 7.11 Å². The van der Waals surface area contributed by atoms with E-state index in [1.807, 2.05) is 42.5 Å². The fourth-order valence-corrected chi connectivity index (χ4v) is 2.28. The van der Waals surface area contributed by atoms with Gasteiger partial charge in [-0.3, -0.25) is 5.73 Å². The maximum Gasteiger partial charge on any atom is 0.278 e. The minimum Gasteiger partial charge on any atom is -0.496 e. The smallest absolute Gasteiger partial charge is 0.278 e. The summed E-state index contributed by atoms with van der Waals surface area (Å²) in [5.74, 6) is 1.49. The molecule has 3 rings (SSSR count). The molecule has 1 aromatic heterocycles. The van der Waals surface area contributed by atoms with E-state index in [1.165, 1.54) is 0 Å². The lowest BCUT2D eigenvalue weighted by Gasteiger charge is -2.07. The zero-order chi connectivity index (χ0) is 13.2. The molecule has 3 N–H and O–H groups in total. The van der Waals surface area contributed by atoms with Crippen LogP contribution in [0.4, 0.5) is 5.82 Å². The fraction of sp³-hybridized carbons (Fsp3) is 0.0625. The average molecular weight is 251 g/mol. The molecule has 3 aromatic rings. The van der Waals surface area contributed by atoms with E-state index >= 15 is 0 Å². The van der Waals surface area contributed by atoms with Crippen LogP contribution in [-0.2, 0) is 0 Å². The monoisotopic (exact) mass is 251 g/mol. The maximum atomic E-state index is 6.09. The highest BCUT2D eigenvalue weighted by Crippen LogP contribution is 2.29. The molecule has 2 aromatic carbocycles. The van der Waals surface area contributed by atoms with Crippen molar-refractivity contribution < 1.29 is 9.72 Å². The van der Waals surface area contributed by atoms with Gasteiger partial charge in [0.25, 0.3) is 5.82 Å². The van der Waals surface area contributed by atoms with Crippen molar-refractivity contribution in [3.8, 4) is 17.0 Å². The SMILES string of the molecule is COc1ccccc1-c1cc2ccccc2c(N)[nH+]1. The molecule has 0 aliphatic rings. The number of hydrogen-bond acceptors (Lipinski definition) is 2. The van der Waals surface area contributed by atoms with Crippen molar-refractivity contribution in [3.05, 3.63) is 54.6 Å². The number of methoxy groups -OCH3 is 1. The lowest BCUT2D eigenvalue weighted by molar-refractivity contribution is -0.345. The Balaban J connectivity index is 2.26. The van der Waals surface area contributed by atoms with Crippen molar-refractivity contribution >= 4 is 16.6 Å². The number of aromatic amines is 1. The first-order valence-corrected chi connectivity index (χ1v) is 6.13. The molecule has 3 heteroatoms. The molecule has 0 unspecified atom stereocenters. The number of fused-ring (bicyclic) bond motifs is 1. The Morgan fingerprint density at radius 2 is 1.74 bits per heavy atom. The summed E-state index contributed by atoms with van der Waals surface area (Å²) in [7, 11) is 1.67. The molecule has 0 radical (unpaired) electrons. The summed E-state index contributed by atoms with van der Waals surface area (Å²) in [6, 6.07) is 18.0. The van der Waals surface area contributed by atoms with Gasteiger partial charge < -0.3 is 4.74 Å². The largest absolute Gasteiger partial charge is 0.496 e. The average Bonchev–Trinajstić information content (AvgIpc) is 2.47. The van der Waals surface area contributed by atoms with Crippen molar-refractivity contribution in [2.24, 2.45) is 0 Å². The van der Waals surface area contributed by atoms with Gasteiger partial charge in [0.2, 0.25) is 0 Å². The summed E-state index contributed by atoms with van der Waals surface area (Å²) in [6.07, 6.45) is 0. The Bertz CT molecular complexity index is 738. The molecular formula is C16H15N2O+. The second-order valence-corrected chi connectivity index (χ2v) is 4.38. The van der Waals surface area contributed by atoms with Crippen LogP contribution < -0.4 is 15.5 Å². The third-order valence-corrected chi connectivity index (χ3v) is 3.22. The number of para-hydroxylation sites is 1. The molecule has 0 saturated carbocycles. The first kappa shape index (κ1) is 11.5. The minimum absolute atomic E-state index is 0.666. The standard InChI is InChI=1S/C16H14N2O/c1-19-15-9-5-4-8-13(15)14-10-11-6-2-3-7-12(11)16(17)18-14/h2-10H,1H3,(H2,17,18)/p+1. The van der Waals surface area contributed by atoms with Crippen LogP contribution in [0.15, 0.2) is 54.6 Å². The lowest BCUT2D eigenvalue weighted by atomic mass is 10.1. The first-order valence-electron chi connectivity index (χ1n) is 6.13. The third kappa shape index (κ3) is 1.99. The summed E-state index contributed by atoms with van der Waals surface area (Å²) in [6.45, 7) is 0. The highest BCUT2D eigenvalue weighted by atomic mass is 16.5. The van der Waals surface area contributed by atoms with Crippen molar-refractivity contribution in [2.45, 2.75) is 0 Å². The van der Waals surface area contributed by atoms with Gasteiger partial charge in [0.15, 0.2) is 0 Å². The number of hydrogen-bond donors (Lipinski definition) is 1. The summed E-state index contributed by atoms with van der Waals surface area (Å²) in [5, 5.41) is 2.14. The van der Waals surface area contributed by atoms with E-state index in [4.69, 9.17) is 10.5 Å². The number of aromatic nitrogens is 1. The Morgan fingerprint density at radius 1 is 1.00 bits per heavy atom. The highest BCUT2D eigenvalue weighted by molar-refractivity contribution is 5.91. The van der Waals surface area contributed by atoms with Gasteiger partial charge in [-0.25, -0.2) is 4.98 Å². The quantitative estimate of drug-likeness (QED) is 0.761. The molecule has 0 atom stereocenters. The van der Waals surface area contributed by atoms with E-state index in [0.717, 1.165) is 27.8 Å². The molecule has 0 fully saturated rings. The maximum absolute atomic E-state index is 6.09. The highest BCUT2D eigenvalue weighted by Gasteiger charge is 2.12. The number of H-pyrrole nitrogens is 1. The van der Waals surface area contributed by atoms with Crippen molar-refractivity contribution in [2.75, 3.05) is 12.8 Å². The number of pyridine rings is 1. The predicted octanol–water partition coefficient (Wildman–Crippen LogP) is 2.91. The number of benzene rings is 2. The molecule has 0 amide bonds. The summed E-state index contributed by atoms with van der Waals surface area (Å²) >= 11 is 0. The van der Waals surface area contributed by atoms with Gasteiger partial charge in [-0.15, -0.1) is 0 Å². The molecular weight excluding hydrogens is 236 g/mol. The molecule has 1 heterocycles. The molecule has 0 aliphatic carbocycles. The van der Waals surface area contributed by atoms with E-state index in [2.05, 4.69) is 17.1 Å². The Labute approximate surface area is 111 Å². The first-order chi connectivity index (χ1) is 9.29. The van der Waals surface area contributed by atoms with E-state index in [9.17, 15) is 0 Å². The topological polar surface area (TPSA) is 49.4 Å². The van der Waals surface area contributed by atoms with Crippen LogP contribution in [0.3, 0.4) is 0 Å². The summed E-state index contributed by atoms with van der Waals surface area (Å²) in [5.41, 5.74) is 8.04. The van der Waals surface area contributed by atoms with Crippen LogP contribution >= 0.6 is 0 Å². The fourth-order valence-electron chi connectivity index (χ4n) is 2.28. The molecule has 19 heavy (non-hydrogen) atoms. The zero-order valence-electron chi connectivity index (χ0n) is 10.7. The molecule has 94 valence electrons. The van der Waals surface area contributed by atoms with Crippen LogP contribution in [-0.4, -0.2) is 7.11 Å². The van der Waals surface area contributed by atoms with Gasteiger partial charge in [0.1, 0.15) is 11.4 Å². The number of anilines is 1. The van der Waals surface area contributed by atoms with Gasteiger partial charge in [-0.1, -0.05) is 30.3 Å². The summed E-state index contributed by atoms with van der Waals surface area (Å²) < 4.78 is 5.39. The number of nitrogen functional groups attached to an aromatic ring is 1. The normalized spacial score (nSPS) is 10.6. The van der Waals surface area contributed by atoms with Crippen LogP contribution in [0.1, 0.15) is 0 Å². The lowest BCUT2D eigenvalue weighted by Crippen LogP contribution is -2.14. The summed E-state index contributed by atoms with van der Waals surface area (Å²) in [4.78, 5) is 3.24. The van der Waals surface area contributed by atoms with E-state index < -0.39 is 0 Å². The van der Waals surface area contributed by atoms with Crippen LogP contribution in [0.2, 0.25) is 0 Å². The Hall–Kier alpha value is -2.55. The van der Waals surface area contributed by atoms with Gasteiger partial charge in [-0.2, -0.15) is 0 Å². The Morgan fingerprint density at radius 3 is 2.58 bits per heavy atom. The number of nitrogens with two attached hydrogens (primary N) is 1. The van der Waals surface area contributed by atoms with E-state index in [-0.39, 0.29) is 0 Å². The van der Waals surface area contributed by atoms with Crippen molar-refractivity contribution in [1.29, 1.82) is 0 Å². The number of rotatable bonds is 2. The molecule has 0 saturated heterocycles. The Kier molecular flexibility index (Phi) is 2.80. The minimum atomic E-state index is 0.666. The molecule has 3 nitrogen and oxygen atoms in total. The van der Waals surface area contributed by atoms with Gasteiger partial charge in [0, 0.05) is 0 Å².